The third kappa shape index (κ3) is 3.48. The zero-order chi connectivity index (χ0) is 14.3. The van der Waals surface area contributed by atoms with Crippen molar-refractivity contribution in [3.63, 3.8) is 0 Å². The van der Waals surface area contributed by atoms with E-state index in [-0.39, 0.29) is 19.0 Å². The fourth-order valence-electron chi connectivity index (χ4n) is 3.14. The summed E-state index contributed by atoms with van der Waals surface area (Å²) < 4.78 is 47.7. The molecule has 0 radical (unpaired) electrons. The molecule has 0 aromatic rings. The quantitative estimate of drug-likeness (QED) is 0.788. The second-order valence-electron chi connectivity index (χ2n) is 5.81. The Morgan fingerprint density at radius 2 is 1.89 bits per heavy atom. The summed E-state index contributed by atoms with van der Waals surface area (Å²) >= 11 is 0. The summed E-state index contributed by atoms with van der Waals surface area (Å²) in [5.41, 5.74) is -0.755. The average Bonchev–Trinajstić information content (AvgIpc) is 2.24. The fraction of sp³-hybridized carbons (Fsp3) is 1.00. The number of hydrogen-bond donors (Lipinski definition) is 1. The summed E-state index contributed by atoms with van der Waals surface area (Å²) in [6.07, 6.45) is 4.82. The second-order valence-corrected chi connectivity index (χ2v) is 10.3. The van der Waals surface area contributed by atoms with Gasteiger partial charge in [0.1, 0.15) is 0 Å². The first kappa shape index (κ1) is 15.2. The number of rotatable bonds is 3. The smallest absolute Gasteiger partial charge is 0.228 e. The second kappa shape index (κ2) is 4.98. The summed E-state index contributed by atoms with van der Waals surface area (Å²) in [5.74, 6) is -0.0654. The van der Waals surface area contributed by atoms with Gasteiger partial charge in [0.25, 0.3) is 0 Å². The van der Waals surface area contributed by atoms with E-state index in [1.807, 2.05) is 0 Å². The van der Waals surface area contributed by atoms with Crippen molar-refractivity contribution in [2.75, 3.05) is 24.4 Å². The predicted octanol–water partition coefficient (Wildman–Crippen LogP) is -0.0547. The standard InChI is InChI=1S/C11H21NO5S2/c1-18(14,15)9-19(16,17)12-7-6-11(13)5-3-2-4-10(11)8-12/h10,13H,2-9H2,1H3. The summed E-state index contributed by atoms with van der Waals surface area (Å²) in [7, 11) is -7.35. The van der Waals surface area contributed by atoms with E-state index in [4.69, 9.17) is 0 Å². The average molecular weight is 311 g/mol. The van der Waals surface area contributed by atoms with E-state index in [1.165, 1.54) is 4.31 Å². The largest absolute Gasteiger partial charge is 0.390 e. The minimum atomic E-state index is -3.78. The van der Waals surface area contributed by atoms with Gasteiger partial charge in [0.2, 0.25) is 10.0 Å². The Kier molecular flexibility index (Phi) is 3.99. The normalized spacial score (nSPS) is 33.9. The van der Waals surface area contributed by atoms with Crippen molar-refractivity contribution in [1.82, 2.24) is 4.31 Å². The third-order valence-electron chi connectivity index (χ3n) is 4.15. The summed E-state index contributed by atoms with van der Waals surface area (Å²) in [5, 5.41) is 9.63. The number of hydrogen-bond acceptors (Lipinski definition) is 5. The van der Waals surface area contributed by atoms with Gasteiger partial charge in [-0.2, -0.15) is 0 Å². The Balaban J connectivity index is 2.12. The van der Waals surface area contributed by atoms with Gasteiger partial charge in [-0.15, -0.1) is 0 Å². The van der Waals surface area contributed by atoms with Crippen LogP contribution in [0.25, 0.3) is 0 Å². The molecule has 1 aliphatic heterocycles. The molecular formula is C11H21NO5S2. The van der Waals surface area contributed by atoms with E-state index in [2.05, 4.69) is 0 Å². The maximum atomic E-state index is 12.0. The van der Waals surface area contributed by atoms with E-state index in [0.717, 1.165) is 31.9 Å². The van der Waals surface area contributed by atoms with E-state index in [9.17, 15) is 21.9 Å². The lowest BCUT2D eigenvalue weighted by Crippen LogP contribution is -2.55. The minimum Gasteiger partial charge on any atom is -0.390 e. The van der Waals surface area contributed by atoms with Crippen LogP contribution in [0.5, 0.6) is 0 Å². The van der Waals surface area contributed by atoms with E-state index in [0.29, 0.717) is 6.42 Å². The van der Waals surface area contributed by atoms with Crippen LogP contribution in [0.3, 0.4) is 0 Å². The predicted molar refractivity (Wildman–Crippen MR) is 71.7 cm³/mol. The van der Waals surface area contributed by atoms with E-state index >= 15 is 0 Å². The van der Waals surface area contributed by atoms with Gasteiger partial charge in [0.15, 0.2) is 14.9 Å². The molecule has 2 rings (SSSR count). The lowest BCUT2D eigenvalue weighted by atomic mass is 9.72. The van der Waals surface area contributed by atoms with Crippen molar-refractivity contribution < 1.29 is 21.9 Å². The van der Waals surface area contributed by atoms with Gasteiger partial charge in [-0.3, -0.25) is 0 Å². The first-order chi connectivity index (χ1) is 8.62. The van der Waals surface area contributed by atoms with Gasteiger partial charge in [0.05, 0.1) is 5.60 Å². The van der Waals surface area contributed by atoms with Gasteiger partial charge in [0, 0.05) is 25.3 Å². The maximum Gasteiger partial charge on any atom is 0.228 e. The first-order valence-electron chi connectivity index (χ1n) is 6.50. The highest BCUT2D eigenvalue weighted by Gasteiger charge is 2.45. The summed E-state index contributed by atoms with van der Waals surface area (Å²) in [6, 6.07) is 0. The monoisotopic (exact) mass is 311 g/mol. The number of aliphatic hydroxyl groups is 1. The fourth-order valence-corrected chi connectivity index (χ4v) is 6.68. The van der Waals surface area contributed by atoms with Crippen molar-refractivity contribution >= 4 is 19.9 Å². The highest BCUT2D eigenvalue weighted by atomic mass is 32.3. The Bertz CT molecular complexity index is 541. The molecule has 0 amide bonds. The molecule has 19 heavy (non-hydrogen) atoms. The maximum absolute atomic E-state index is 12.0. The molecule has 2 unspecified atom stereocenters. The molecule has 2 aliphatic rings. The van der Waals surface area contributed by atoms with Crippen LogP contribution in [0.2, 0.25) is 0 Å². The van der Waals surface area contributed by atoms with Crippen molar-refractivity contribution in [2.24, 2.45) is 5.92 Å². The van der Waals surface area contributed by atoms with Gasteiger partial charge < -0.3 is 5.11 Å². The lowest BCUT2D eigenvalue weighted by molar-refractivity contribution is -0.0816. The molecule has 0 spiro atoms. The van der Waals surface area contributed by atoms with Crippen LogP contribution in [0.4, 0.5) is 0 Å². The molecule has 2 fully saturated rings. The molecule has 8 heteroatoms. The van der Waals surface area contributed by atoms with Crippen LogP contribution >= 0.6 is 0 Å². The topological polar surface area (TPSA) is 91.8 Å². The van der Waals surface area contributed by atoms with E-state index in [1.54, 1.807) is 0 Å². The van der Waals surface area contributed by atoms with Gasteiger partial charge in [-0.1, -0.05) is 12.8 Å². The zero-order valence-electron chi connectivity index (χ0n) is 11.1. The highest BCUT2D eigenvalue weighted by molar-refractivity contribution is 8.06. The molecule has 1 aliphatic carbocycles. The molecule has 1 N–H and O–H groups in total. The SMILES string of the molecule is CS(=O)(=O)CS(=O)(=O)N1CCC2(O)CCCCC2C1. The van der Waals surface area contributed by atoms with Crippen LogP contribution in [-0.2, 0) is 19.9 Å². The number of nitrogens with zero attached hydrogens (tertiary/aromatic N) is 1. The van der Waals surface area contributed by atoms with Crippen molar-refractivity contribution in [3.8, 4) is 0 Å². The Morgan fingerprint density at radius 1 is 1.21 bits per heavy atom. The highest BCUT2D eigenvalue weighted by Crippen LogP contribution is 2.40. The summed E-state index contributed by atoms with van der Waals surface area (Å²) in [4.78, 5) is 0. The molecular weight excluding hydrogens is 290 g/mol. The van der Waals surface area contributed by atoms with Crippen LogP contribution in [0.1, 0.15) is 32.1 Å². The van der Waals surface area contributed by atoms with Crippen molar-refractivity contribution in [2.45, 2.75) is 37.7 Å². The van der Waals surface area contributed by atoms with Crippen molar-refractivity contribution in [3.05, 3.63) is 0 Å². The molecule has 2 atom stereocenters. The Labute approximate surface area is 114 Å². The van der Waals surface area contributed by atoms with Gasteiger partial charge >= 0.3 is 0 Å². The summed E-state index contributed by atoms with van der Waals surface area (Å²) in [6.45, 7) is 0.458. The van der Waals surface area contributed by atoms with Crippen LogP contribution in [-0.4, -0.2) is 56.3 Å². The van der Waals surface area contributed by atoms with Gasteiger partial charge in [-0.25, -0.2) is 21.1 Å². The Morgan fingerprint density at radius 3 is 2.53 bits per heavy atom. The first-order valence-corrected chi connectivity index (χ1v) is 10.2. The molecule has 1 saturated carbocycles. The van der Waals surface area contributed by atoms with Crippen molar-refractivity contribution in [1.29, 1.82) is 0 Å². The zero-order valence-corrected chi connectivity index (χ0v) is 12.7. The molecule has 0 bridgehead atoms. The molecule has 0 aromatic heterocycles. The molecule has 1 saturated heterocycles. The number of sulfone groups is 1. The Hall–Kier alpha value is -0.180. The van der Waals surface area contributed by atoms with Crippen LogP contribution in [0.15, 0.2) is 0 Å². The van der Waals surface area contributed by atoms with E-state index < -0.39 is 30.5 Å². The molecule has 1 heterocycles. The lowest BCUT2D eigenvalue weighted by Gasteiger charge is -2.46. The van der Waals surface area contributed by atoms with Crippen LogP contribution in [0, 0.1) is 5.92 Å². The van der Waals surface area contributed by atoms with Gasteiger partial charge in [-0.05, 0) is 19.3 Å². The van der Waals surface area contributed by atoms with Crippen LogP contribution < -0.4 is 0 Å². The molecule has 6 nitrogen and oxygen atoms in total. The number of piperidine rings is 1. The molecule has 0 aromatic carbocycles. The third-order valence-corrected chi connectivity index (χ3v) is 8.17. The number of fused-ring (bicyclic) bond motifs is 1. The number of sulfonamides is 1. The minimum absolute atomic E-state index is 0.0654. The molecule has 112 valence electrons.